The van der Waals surface area contributed by atoms with Crippen LogP contribution in [0.1, 0.15) is 33.6 Å². The van der Waals surface area contributed by atoms with Gasteiger partial charge in [0.2, 0.25) is 0 Å². The van der Waals surface area contributed by atoms with Crippen LogP contribution < -0.4 is 0 Å². The molecule has 2 aliphatic rings. The average Bonchev–Trinajstić information content (AvgIpc) is 3.06. The Kier molecular flexibility index (Phi) is 7.53. The van der Waals surface area contributed by atoms with Gasteiger partial charge in [-0.25, -0.2) is 5.01 Å². The first kappa shape index (κ1) is 25.6. The Morgan fingerprint density at radius 2 is 1.51 bits per heavy atom. The lowest BCUT2D eigenvalue weighted by atomic mass is 9.81. The summed E-state index contributed by atoms with van der Waals surface area (Å²) in [4.78, 5) is 64.2. The zero-order chi connectivity index (χ0) is 25.4. The summed E-state index contributed by atoms with van der Waals surface area (Å²) in [5.74, 6) is -4.03. The van der Waals surface area contributed by atoms with Crippen molar-refractivity contribution in [2.45, 2.75) is 22.5 Å². The summed E-state index contributed by atoms with van der Waals surface area (Å²) < 4.78 is 0.740. The maximum atomic E-state index is 13.6. The fourth-order valence-corrected chi connectivity index (χ4v) is 5.87. The minimum Gasteiger partial charge on any atom is -0.292 e. The fraction of sp³-hybridized carbons (Fsp3) is 0.304. The van der Waals surface area contributed by atoms with E-state index in [1.807, 2.05) is 0 Å². The number of halogens is 3. The maximum absolute atomic E-state index is 13.6. The highest BCUT2D eigenvalue weighted by Crippen LogP contribution is 2.43. The highest BCUT2D eigenvalue weighted by atomic mass is 79.9. The number of carbonyl (C=O) groups is 4. The summed E-state index contributed by atoms with van der Waals surface area (Å²) in [5, 5.41) is 13.0. The number of rotatable bonds is 6. The Morgan fingerprint density at radius 3 is 2.06 bits per heavy atom. The van der Waals surface area contributed by atoms with Crippen molar-refractivity contribution in [3.8, 4) is 0 Å². The molecule has 0 bridgehead atoms. The number of benzene rings is 2. The van der Waals surface area contributed by atoms with Crippen molar-refractivity contribution in [2.24, 2.45) is 11.8 Å². The molecule has 0 spiro atoms. The number of hydrogen-bond donors (Lipinski definition) is 0. The Hall–Kier alpha value is -2.44. The third-order valence-electron chi connectivity index (χ3n) is 6.15. The first-order chi connectivity index (χ1) is 16.6. The highest BCUT2D eigenvalue weighted by Gasteiger charge is 2.55. The SMILES string of the molecule is O=C(CN(C(=O)c1ccccc1[N+](=O)[O-])N1C(=O)[C@H]2C[C@H](Br)[C@@H](Br)C[C@H]2C1=O)c1ccc(Br)cc1. The van der Waals surface area contributed by atoms with Gasteiger partial charge in [-0.2, -0.15) is 5.01 Å². The molecule has 9 nitrogen and oxygen atoms in total. The van der Waals surface area contributed by atoms with Gasteiger partial charge in [0.1, 0.15) is 12.1 Å². The number of nitro groups is 1. The van der Waals surface area contributed by atoms with Crippen LogP contribution >= 0.6 is 47.8 Å². The smallest absolute Gasteiger partial charge is 0.282 e. The van der Waals surface area contributed by atoms with Crippen molar-refractivity contribution >= 4 is 77.0 Å². The number of para-hydroxylation sites is 1. The second-order valence-corrected chi connectivity index (χ2v) is 11.5. The summed E-state index contributed by atoms with van der Waals surface area (Å²) >= 11 is 10.3. The van der Waals surface area contributed by atoms with Gasteiger partial charge in [-0.15, -0.1) is 0 Å². The van der Waals surface area contributed by atoms with Crippen molar-refractivity contribution < 1.29 is 24.1 Å². The molecule has 2 aromatic rings. The maximum Gasteiger partial charge on any atom is 0.282 e. The summed E-state index contributed by atoms with van der Waals surface area (Å²) in [5.41, 5.74) is -0.560. The van der Waals surface area contributed by atoms with Gasteiger partial charge in [0, 0.05) is 25.8 Å². The van der Waals surface area contributed by atoms with E-state index in [9.17, 15) is 29.3 Å². The van der Waals surface area contributed by atoms with Gasteiger partial charge in [0.15, 0.2) is 5.78 Å². The van der Waals surface area contributed by atoms with Gasteiger partial charge in [-0.1, -0.05) is 72.1 Å². The highest BCUT2D eigenvalue weighted by molar-refractivity contribution is 9.12. The van der Waals surface area contributed by atoms with Gasteiger partial charge in [-0.05, 0) is 31.0 Å². The molecule has 12 heteroatoms. The standard InChI is InChI=1S/C23H18Br3N3O6/c24-13-7-5-12(6-8-13)20(30)11-27(21(31)14-3-1-2-4-19(14)29(34)35)28-22(32)15-9-17(25)18(26)10-16(15)23(28)33/h1-8,15-18H,9-11H2/t15-,16+,17-,18-/m0/s1. The van der Waals surface area contributed by atoms with E-state index >= 15 is 0 Å². The largest absolute Gasteiger partial charge is 0.292 e. The van der Waals surface area contributed by atoms with E-state index in [-0.39, 0.29) is 20.8 Å². The molecule has 0 unspecified atom stereocenters. The lowest BCUT2D eigenvalue weighted by Crippen LogP contribution is -2.52. The molecule has 1 saturated carbocycles. The third-order valence-corrected chi connectivity index (χ3v) is 9.42. The number of nitrogens with zero attached hydrogens (tertiary/aromatic N) is 3. The molecule has 0 aromatic heterocycles. The molecular formula is C23H18Br3N3O6. The molecule has 4 rings (SSSR count). The van der Waals surface area contributed by atoms with Crippen LogP contribution in [0.25, 0.3) is 0 Å². The first-order valence-electron chi connectivity index (χ1n) is 10.6. The summed E-state index contributed by atoms with van der Waals surface area (Å²) in [7, 11) is 0. The van der Waals surface area contributed by atoms with Crippen molar-refractivity contribution in [3.05, 3.63) is 74.2 Å². The minimum atomic E-state index is -0.978. The molecular weight excluding hydrogens is 654 g/mol. The van der Waals surface area contributed by atoms with E-state index in [0.717, 1.165) is 20.6 Å². The predicted molar refractivity (Wildman–Crippen MR) is 136 cm³/mol. The van der Waals surface area contributed by atoms with Crippen LogP contribution in [0, 0.1) is 22.0 Å². The molecule has 1 aliphatic heterocycles. The molecule has 1 aliphatic carbocycles. The van der Waals surface area contributed by atoms with Crippen molar-refractivity contribution in [1.29, 1.82) is 0 Å². The van der Waals surface area contributed by atoms with Gasteiger partial charge >= 0.3 is 0 Å². The van der Waals surface area contributed by atoms with Crippen LogP contribution in [-0.2, 0) is 9.59 Å². The van der Waals surface area contributed by atoms with E-state index in [1.54, 1.807) is 12.1 Å². The number of alkyl halides is 2. The molecule has 1 saturated heterocycles. The molecule has 0 radical (unpaired) electrons. The molecule has 182 valence electrons. The number of nitro benzene ring substituents is 1. The van der Waals surface area contributed by atoms with Crippen LogP contribution in [0.4, 0.5) is 5.69 Å². The van der Waals surface area contributed by atoms with Crippen LogP contribution in [0.15, 0.2) is 53.0 Å². The topological polar surface area (TPSA) is 118 Å². The molecule has 3 amide bonds. The number of carbonyl (C=O) groups excluding carboxylic acids is 4. The second kappa shape index (κ2) is 10.3. The van der Waals surface area contributed by atoms with E-state index in [4.69, 9.17) is 0 Å². The van der Waals surface area contributed by atoms with E-state index < -0.39 is 52.5 Å². The molecule has 2 aromatic carbocycles. The number of imide groups is 1. The van der Waals surface area contributed by atoms with Crippen LogP contribution in [-0.4, -0.2) is 54.6 Å². The zero-order valence-electron chi connectivity index (χ0n) is 18.0. The normalized spacial score (nSPS) is 23.7. The summed E-state index contributed by atoms with van der Waals surface area (Å²) in [6.45, 7) is -0.640. The molecule has 1 heterocycles. The number of Topliss-reactive ketones (excluding diaryl/α,β-unsaturated/α-hetero) is 1. The number of hydrazine groups is 1. The second-order valence-electron chi connectivity index (χ2n) is 8.27. The third kappa shape index (κ3) is 4.96. The summed E-state index contributed by atoms with van der Waals surface area (Å²) in [6, 6.07) is 11.6. The predicted octanol–water partition coefficient (Wildman–Crippen LogP) is 4.52. The first-order valence-corrected chi connectivity index (χ1v) is 13.2. The van der Waals surface area contributed by atoms with Crippen molar-refractivity contribution in [3.63, 3.8) is 0 Å². The molecule has 4 atom stereocenters. The Bertz CT molecular complexity index is 1190. The lowest BCUT2D eigenvalue weighted by Gasteiger charge is -2.30. The Labute approximate surface area is 225 Å². The number of hydrogen-bond acceptors (Lipinski definition) is 6. The van der Waals surface area contributed by atoms with Gasteiger partial charge < -0.3 is 0 Å². The van der Waals surface area contributed by atoms with E-state index in [2.05, 4.69) is 47.8 Å². The van der Waals surface area contributed by atoms with E-state index in [0.29, 0.717) is 12.8 Å². The van der Waals surface area contributed by atoms with Gasteiger partial charge in [0.05, 0.1) is 16.8 Å². The Morgan fingerprint density at radius 1 is 0.971 bits per heavy atom. The fourth-order valence-electron chi connectivity index (χ4n) is 4.36. The average molecular weight is 672 g/mol. The van der Waals surface area contributed by atoms with Crippen molar-refractivity contribution in [1.82, 2.24) is 10.0 Å². The number of amides is 3. The molecule has 35 heavy (non-hydrogen) atoms. The van der Waals surface area contributed by atoms with Crippen LogP contribution in [0.5, 0.6) is 0 Å². The monoisotopic (exact) mass is 669 g/mol. The molecule has 2 fully saturated rings. The van der Waals surface area contributed by atoms with Gasteiger partial charge in [-0.3, -0.25) is 29.3 Å². The number of fused-ring (bicyclic) bond motifs is 1. The summed E-state index contributed by atoms with van der Waals surface area (Å²) in [6.07, 6.45) is 0.742. The van der Waals surface area contributed by atoms with Crippen LogP contribution in [0.2, 0.25) is 0 Å². The minimum absolute atomic E-state index is 0.0517. The van der Waals surface area contributed by atoms with Gasteiger partial charge in [0.25, 0.3) is 23.4 Å². The Balaban J connectivity index is 1.74. The molecule has 0 N–H and O–H groups in total. The van der Waals surface area contributed by atoms with Crippen LogP contribution in [0.3, 0.4) is 0 Å². The zero-order valence-corrected chi connectivity index (χ0v) is 22.7. The quantitative estimate of drug-likeness (QED) is 0.147. The lowest BCUT2D eigenvalue weighted by molar-refractivity contribution is -0.385. The number of ketones is 1. The van der Waals surface area contributed by atoms with E-state index in [1.165, 1.54) is 30.3 Å². The van der Waals surface area contributed by atoms with Crippen molar-refractivity contribution in [2.75, 3.05) is 6.54 Å².